The van der Waals surface area contributed by atoms with Gasteiger partial charge in [-0.05, 0) is 77.9 Å². The highest BCUT2D eigenvalue weighted by atomic mass is 127. The van der Waals surface area contributed by atoms with Crippen molar-refractivity contribution in [1.29, 1.82) is 0 Å². The molecule has 19 heavy (non-hydrogen) atoms. The Morgan fingerprint density at radius 3 is 2.37 bits per heavy atom. The molecular formula is C17H26IN. The molecule has 0 bridgehead atoms. The lowest BCUT2D eigenvalue weighted by atomic mass is 9.76. The molecule has 2 heteroatoms. The van der Waals surface area contributed by atoms with Gasteiger partial charge in [0.25, 0.3) is 0 Å². The van der Waals surface area contributed by atoms with Crippen LogP contribution in [0.15, 0.2) is 24.3 Å². The lowest BCUT2D eigenvalue weighted by molar-refractivity contribution is 0.224. The molecule has 106 valence electrons. The van der Waals surface area contributed by atoms with Gasteiger partial charge in [-0.25, -0.2) is 0 Å². The monoisotopic (exact) mass is 371 g/mol. The number of benzene rings is 1. The molecule has 0 heterocycles. The second kappa shape index (κ2) is 7.63. The Balaban J connectivity index is 1.93. The third-order valence-electron chi connectivity index (χ3n) is 4.27. The Bertz CT molecular complexity index is 371. The van der Waals surface area contributed by atoms with Crippen molar-refractivity contribution in [3.63, 3.8) is 0 Å². The van der Waals surface area contributed by atoms with Crippen molar-refractivity contribution in [1.82, 2.24) is 5.32 Å². The van der Waals surface area contributed by atoms with Gasteiger partial charge in [-0.2, -0.15) is 0 Å². The molecule has 2 atom stereocenters. The fourth-order valence-electron chi connectivity index (χ4n) is 3.13. The van der Waals surface area contributed by atoms with Crippen molar-refractivity contribution in [2.45, 2.75) is 52.0 Å². The normalized spacial score (nSPS) is 23.8. The van der Waals surface area contributed by atoms with Crippen LogP contribution in [0.2, 0.25) is 0 Å². The van der Waals surface area contributed by atoms with Crippen molar-refractivity contribution in [3.05, 3.63) is 33.4 Å². The maximum absolute atomic E-state index is 3.64. The van der Waals surface area contributed by atoms with Crippen molar-refractivity contribution in [3.8, 4) is 0 Å². The highest BCUT2D eigenvalue weighted by molar-refractivity contribution is 14.1. The lowest BCUT2D eigenvalue weighted by Gasteiger charge is -2.32. The van der Waals surface area contributed by atoms with E-state index in [2.05, 4.69) is 66.0 Å². The Kier molecular flexibility index (Phi) is 6.14. The number of rotatable bonds is 5. The van der Waals surface area contributed by atoms with E-state index in [1.54, 1.807) is 0 Å². The maximum atomic E-state index is 3.64. The third kappa shape index (κ3) is 5.07. The van der Waals surface area contributed by atoms with Gasteiger partial charge in [0.1, 0.15) is 0 Å². The molecule has 1 fully saturated rings. The summed E-state index contributed by atoms with van der Waals surface area (Å²) < 4.78 is 1.34. The van der Waals surface area contributed by atoms with Gasteiger partial charge in [0, 0.05) is 9.61 Å². The summed E-state index contributed by atoms with van der Waals surface area (Å²) in [5.41, 5.74) is 1.52. The molecule has 0 radical (unpaired) electrons. The van der Waals surface area contributed by atoms with E-state index in [0.29, 0.717) is 6.04 Å². The second-order valence-electron chi connectivity index (χ2n) is 6.20. The third-order valence-corrected chi connectivity index (χ3v) is 4.99. The van der Waals surface area contributed by atoms with Gasteiger partial charge in [-0.15, -0.1) is 0 Å². The first kappa shape index (κ1) is 15.3. The van der Waals surface area contributed by atoms with Crippen LogP contribution >= 0.6 is 22.6 Å². The fourth-order valence-corrected chi connectivity index (χ4v) is 3.49. The predicted octanol–water partition coefficient (Wildman–Crippen LogP) is 4.64. The molecule has 0 spiro atoms. The van der Waals surface area contributed by atoms with Crippen LogP contribution in [0.1, 0.15) is 45.1 Å². The summed E-state index contributed by atoms with van der Waals surface area (Å²) in [4.78, 5) is 0. The predicted molar refractivity (Wildman–Crippen MR) is 91.4 cm³/mol. The van der Waals surface area contributed by atoms with Crippen LogP contribution in [-0.2, 0) is 6.42 Å². The van der Waals surface area contributed by atoms with Crippen LogP contribution in [0, 0.1) is 15.4 Å². The van der Waals surface area contributed by atoms with E-state index < -0.39 is 0 Å². The van der Waals surface area contributed by atoms with Gasteiger partial charge >= 0.3 is 0 Å². The fraction of sp³-hybridized carbons (Fsp3) is 0.647. The molecule has 1 aliphatic carbocycles. The minimum absolute atomic E-state index is 0.612. The van der Waals surface area contributed by atoms with Crippen LogP contribution in [0.5, 0.6) is 0 Å². The molecule has 0 aromatic heterocycles. The van der Waals surface area contributed by atoms with E-state index in [-0.39, 0.29) is 0 Å². The SMILES string of the molecule is CC(C)NCC1CCCCC1Cc1ccc(I)cc1. The lowest BCUT2D eigenvalue weighted by Crippen LogP contribution is -2.34. The minimum atomic E-state index is 0.612. The quantitative estimate of drug-likeness (QED) is 0.744. The van der Waals surface area contributed by atoms with E-state index in [9.17, 15) is 0 Å². The van der Waals surface area contributed by atoms with Gasteiger partial charge in [0.2, 0.25) is 0 Å². The number of halogens is 1. The highest BCUT2D eigenvalue weighted by Gasteiger charge is 2.25. The zero-order valence-electron chi connectivity index (χ0n) is 12.2. The first-order valence-electron chi connectivity index (χ1n) is 7.63. The van der Waals surface area contributed by atoms with E-state index in [1.165, 1.54) is 47.8 Å². The van der Waals surface area contributed by atoms with Crippen LogP contribution in [0.25, 0.3) is 0 Å². The van der Waals surface area contributed by atoms with E-state index in [1.807, 2.05) is 0 Å². The minimum Gasteiger partial charge on any atom is -0.314 e. The average molecular weight is 371 g/mol. The number of hydrogen-bond donors (Lipinski definition) is 1. The van der Waals surface area contributed by atoms with Crippen LogP contribution in [0.4, 0.5) is 0 Å². The van der Waals surface area contributed by atoms with Crippen LogP contribution in [-0.4, -0.2) is 12.6 Å². The number of nitrogens with one attached hydrogen (secondary N) is 1. The zero-order valence-corrected chi connectivity index (χ0v) is 14.3. The first-order valence-corrected chi connectivity index (χ1v) is 8.71. The molecule has 0 aliphatic heterocycles. The van der Waals surface area contributed by atoms with E-state index in [0.717, 1.165) is 11.8 Å². The molecule has 1 nitrogen and oxygen atoms in total. The van der Waals surface area contributed by atoms with Gasteiger partial charge in [-0.1, -0.05) is 38.8 Å². The van der Waals surface area contributed by atoms with Gasteiger partial charge in [-0.3, -0.25) is 0 Å². The zero-order chi connectivity index (χ0) is 13.7. The van der Waals surface area contributed by atoms with E-state index >= 15 is 0 Å². The molecule has 0 amide bonds. The largest absolute Gasteiger partial charge is 0.314 e. The Hall–Kier alpha value is -0.0900. The molecule has 1 aliphatic rings. The standard InChI is InChI=1S/C17H26IN/c1-13(2)19-12-16-6-4-3-5-15(16)11-14-7-9-17(18)10-8-14/h7-10,13,15-16,19H,3-6,11-12H2,1-2H3. The van der Waals surface area contributed by atoms with Crippen molar-refractivity contribution >= 4 is 22.6 Å². The topological polar surface area (TPSA) is 12.0 Å². The molecule has 1 aromatic carbocycles. The van der Waals surface area contributed by atoms with Gasteiger partial charge < -0.3 is 5.32 Å². The molecule has 0 saturated heterocycles. The van der Waals surface area contributed by atoms with Crippen molar-refractivity contribution < 1.29 is 0 Å². The first-order chi connectivity index (χ1) is 9.15. The molecular weight excluding hydrogens is 345 g/mol. The molecule has 1 N–H and O–H groups in total. The Morgan fingerprint density at radius 1 is 1.11 bits per heavy atom. The van der Waals surface area contributed by atoms with Crippen LogP contribution < -0.4 is 5.32 Å². The molecule has 2 rings (SSSR count). The average Bonchev–Trinajstić information content (AvgIpc) is 2.40. The van der Waals surface area contributed by atoms with Crippen molar-refractivity contribution in [2.24, 2.45) is 11.8 Å². The summed E-state index contributed by atoms with van der Waals surface area (Å²) in [5.74, 6) is 1.75. The van der Waals surface area contributed by atoms with Crippen LogP contribution in [0.3, 0.4) is 0 Å². The van der Waals surface area contributed by atoms with E-state index in [4.69, 9.17) is 0 Å². The summed E-state index contributed by atoms with van der Waals surface area (Å²) in [6, 6.07) is 9.70. The summed E-state index contributed by atoms with van der Waals surface area (Å²) in [5, 5.41) is 3.64. The second-order valence-corrected chi connectivity index (χ2v) is 7.44. The van der Waals surface area contributed by atoms with Gasteiger partial charge in [0.05, 0.1) is 0 Å². The smallest absolute Gasteiger partial charge is 0.0130 e. The maximum Gasteiger partial charge on any atom is 0.0130 e. The number of hydrogen-bond acceptors (Lipinski definition) is 1. The summed E-state index contributed by atoms with van der Waals surface area (Å²) in [6.07, 6.45) is 6.94. The van der Waals surface area contributed by atoms with Crippen molar-refractivity contribution in [2.75, 3.05) is 6.54 Å². The molecule has 1 aromatic rings. The highest BCUT2D eigenvalue weighted by Crippen LogP contribution is 2.32. The summed E-state index contributed by atoms with van der Waals surface area (Å²) in [7, 11) is 0. The molecule has 1 saturated carbocycles. The summed E-state index contributed by atoms with van der Waals surface area (Å²) >= 11 is 2.38. The van der Waals surface area contributed by atoms with Gasteiger partial charge in [0.15, 0.2) is 0 Å². The summed E-state index contributed by atoms with van der Waals surface area (Å²) in [6.45, 7) is 5.70. The molecule has 2 unspecified atom stereocenters. The Morgan fingerprint density at radius 2 is 1.74 bits per heavy atom. The Labute approximate surface area is 131 Å².